The number of benzene rings is 1. The van der Waals surface area contributed by atoms with Crippen LogP contribution in [0.4, 0.5) is 10.5 Å². The van der Waals surface area contributed by atoms with Crippen LogP contribution in [0.1, 0.15) is 0 Å². The van der Waals surface area contributed by atoms with Crippen LogP contribution in [-0.4, -0.2) is 39.7 Å². The standard InChI is InChI=1S/C11H10BrClN2O3S/c12-7-2-1-6(13)3-8(7)14-11(18)15-5-19-4-9(15)10(16)17/h1-3,9H,4-5H2,(H,14,18)(H,16,17). The zero-order chi connectivity index (χ0) is 14.0. The molecule has 19 heavy (non-hydrogen) atoms. The van der Waals surface area contributed by atoms with Crippen molar-refractivity contribution in [3.05, 3.63) is 27.7 Å². The van der Waals surface area contributed by atoms with Gasteiger partial charge in [-0.2, -0.15) is 0 Å². The SMILES string of the molecule is O=C(O)C1CSCN1C(=O)Nc1cc(Cl)ccc1Br. The number of anilines is 1. The van der Waals surface area contributed by atoms with Gasteiger partial charge in [-0.1, -0.05) is 11.6 Å². The maximum Gasteiger partial charge on any atom is 0.327 e. The molecule has 0 bridgehead atoms. The van der Waals surface area contributed by atoms with Gasteiger partial charge in [-0.3, -0.25) is 0 Å². The number of hydrogen-bond donors (Lipinski definition) is 2. The third-order valence-electron chi connectivity index (χ3n) is 2.60. The Morgan fingerprint density at radius 3 is 2.95 bits per heavy atom. The monoisotopic (exact) mass is 364 g/mol. The summed E-state index contributed by atoms with van der Waals surface area (Å²) < 4.78 is 0.684. The molecule has 0 saturated carbocycles. The predicted octanol–water partition coefficient (Wildman–Crippen LogP) is 3.09. The summed E-state index contributed by atoms with van der Waals surface area (Å²) >= 11 is 10.6. The zero-order valence-corrected chi connectivity index (χ0v) is 12.8. The van der Waals surface area contributed by atoms with E-state index in [1.807, 2.05) is 0 Å². The zero-order valence-electron chi connectivity index (χ0n) is 9.60. The summed E-state index contributed by atoms with van der Waals surface area (Å²) in [6.07, 6.45) is 0. The first-order valence-electron chi connectivity index (χ1n) is 5.32. The molecule has 102 valence electrons. The number of rotatable bonds is 2. The van der Waals surface area contributed by atoms with Crippen molar-refractivity contribution in [2.24, 2.45) is 0 Å². The molecule has 2 amide bonds. The molecule has 1 aliphatic heterocycles. The Morgan fingerprint density at radius 2 is 2.26 bits per heavy atom. The van der Waals surface area contributed by atoms with Gasteiger partial charge in [0.2, 0.25) is 0 Å². The largest absolute Gasteiger partial charge is 0.480 e. The number of urea groups is 1. The smallest absolute Gasteiger partial charge is 0.327 e. The van der Waals surface area contributed by atoms with E-state index in [1.165, 1.54) is 16.7 Å². The van der Waals surface area contributed by atoms with E-state index in [1.54, 1.807) is 18.2 Å². The molecule has 1 aromatic carbocycles. The van der Waals surface area contributed by atoms with E-state index in [4.69, 9.17) is 16.7 Å². The Hall–Kier alpha value is -0.920. The minimum absolute atomic E-state index is 0.362. The molecule has 1 atom stereocenters. The third-order valence-corrected chi connectivity index (χ3v) is 4.54. The maximum atomic E-state index is 12.1. The third kappa shape index (κ3) is 3.34. The molecular formula is C11H10BrClN2O3S. The molecule has 1 heterocycles. The quantitative estimate of drug-likeness (QED) is 0.845. The van der Waals surface area contributed by atoms with Gasteiger partial charge < -0.3 is 15.3 Å². The minimum Gasteiger partial charge on any atom is -0.480 e. The van der Waals surface area contributed by atoms with Gasteiger partial charge >= 0.3 is 12.0 Å². The summed E-state index contributed by atoms with van der Waals surface area (Å²) in [7, 11) is 0. The lowest BCUT2D eigenvalue weighted by Crippen LogP contribution is -2.44. The Labute approximate surface area is 127 Å². The van der Waals surface area contributed by atoms with Crippen LogP contribution in [0.25, 0.3) is 0 Å². The van der Waals surface area contributed by atoms with Gasteiger partial charge in [0, 0.05) is 15.2 Å². The second-order valence-corrected chi connectivity index (χ2v) is 6.17. The van der Waals surface area contributed by atoms with Crippen molar-refractivity contribution in [2.45, 2.75) is 6.04 Å². The molecule has 8 heteroatoms. The summed E-state index contributed by atoms with van der Waals surface area (Å²) in [5, 5.41) is 12.2. The van der Waals surface area contributed by atoms with Crippen molar-refractivity contribution in [1.29, 1.82) is 0 Å². The fourth-order valence-electron chi connectivity index (χ4n) is 1.63. The molecule has 2 N–H and O–H groups in total. The van der Waals surface area contributed by atoms with Crippen LogP contribution in [0, 0.1) is 0 Å². The van der Waals surface area contributed by atoms with Gasteiger partial charge in [0.25, 0.3) is 0 Å². The number of nitrogens with zero attached hydrogens (tertiary/aromatic N) is 1. The van der Waals surface area contributed by atoms with Crippen LogP contribution < -0.4 is 5.32 Å². The van der Waals surface area contributed by atoms with E-state index >= 15 is 0 Å². The number of carbonyl (C=O) groups excluding carboxylic acids is 1. The molecule has 1 aliphatic rings. The minimum atomic E-state index is -0.995. The van der Waals surface area contributed by atoms with Crippen molar-refractivity contribution in [3.63, 3.8) is 0 Å². The van der Waals surface area contributed by atoms with E-state index < -0.39 is 18.0 Å². The van der Waals surface area contributed by atoms with Gasteiger partial charge in [-0.05, 0) is 34.1 Å². The summed E-state index contributed by atoms with van der Waals surface area (Å²) in [5.41, 5.74) is 0.513. The number of hydrogen-bond acceptors (Lipinski definition) is 3. The van der Waals surface area contributed by atoms with Crippen LogP contribution in [0.3, 0.4) is 0 Å². The van der Waals surface area contributed by atoms with Gasteiger partial charge in [0.05, 0.1) is 11.6 Å². The van der Waals surface area contributed by atoms with E-state index in [9.17, 15) is 9.59 Å². The summed E-state index contributed by atoms with van der Waals surface area (Å²) in [6, 6.07) is 3.77. The van der Waals surface area contributed by atoms with Crippen molar-refractivity contribution >= 4 is 57.0 Å². The van der Waals surface area contributed by atoms with E-state index in [-0.39, 0.29) is 0 Å². The molecule has 1 saturated heterocycles. The summed E-state index contributed by atoms with van der Waals surface area (Å²) in [6.45, 7) is 0. The molecule has 1 fully saturated rings. The molecule has 0 spiro atoms. The second kappa shape index (κ2) is 6.02. The highest BCUT2D eigenvalue weighted by atomic mass is 79.9. The van der Waals surface area contributed by atoms with Crippen molar-refractivity contribution < 1.29 is 14.7 Å². The van der Waals surface area contributed by atoms with Gasteiger partial charge in [-0.15, -0.1) is 11.8 Å². The van der Waals surface area contributed by atoms with Gasteiger partial charge in [0.15, 0.2) is 0 Å². The van der Waals surface area contributed by atoms with Gasteiger partial charge in [0.1, 0.15) is 6.04 Å². The van der Waals surface area contributed by atoms with Crippen LogP contribution >= 0.6 is 39.3 Å². The normalized spacial score (nSPS) is 18.4. The average Bonchev–Trinajstić information content (AvgIpc) is 2.83. The topological polar surface area (TPSA) is 69.6 Å². The molecular weight excluding hydrogens is 356 g/mol. The molecule has 1 unspecified atom stereocenters. The number of carboxylic acid groups (broad SMARTS) is 1. The van der Waals surface area contributed by atoms with E-state index in [2.05, 4.69) is 21.2 Å². The molecule has 1 aromatic rings. The molecule has 0 aromatic heterocycles. The number of amides is 2. The number of nitrogens with one attached hydrogen (secondary N) is 1. The Bertz CT molecular complexity index is 529. The summed E-state index contributed by atoms with van der Waals surface area (Å²) in [5.74, 6) is -0.231. The van der Waals surface area contributed by atoms with Crippen molar-refractivity contribution in [2.75, 3.05) is 16.9 Å². The average molecular weight is 366 g/mol. The van der Waals surface area contributed by atoms with Crippen LogP contribution in [0.2, 0.25) is 5.02 Å². The molecule has 5 nitrogen and oxygen atoms in total. The van der Waals surface area contributed by atoms with Crippen molar-refractivity contribution in [3.8, 4) is 0 Å². The first kappa shape index (κ1) is 14.5. The Kier molecular flexibility index (Phi) is 4.59. The predicted molar refractivity (Wildman–Crippen MR) is 78.8 cm³/mol. The first-order chi connectivity index (χ1) is 8.99. The number of aliphatic carboxylic acids is 1. The van der Waals surface area contributed by atoms with E-state index in [0.717, 1.165) is 0 Å². The number of carbonyl (C=O) groups is 2. The number of thioether (sulfide) groups is 1. The Balaban J connectivity index is 2.12. The lowest BCUT2D eigenvalue weighted by molar-refractivity contribution is -0.140. The molecule has 0 radical (unpaired) electrons. The Morgan fingerprint density at radius 1 is 1.53 bits per heavy atom. The number of halogens is 2. The highest BCUT2D eigenvalue weighted by Gasteiger charge is 2.34. The lowest BCUT2D eigenvalue weighted by atomic mass is 10.3. The first-order valence-corrected chi connectivity index (χ1v) is 7.65. The fourth-order valence-corrected chi connectivity index (χ4v) is 3.29. The highest BCUT2D eigenvalue weighted by Crippen LogP contribution is 2.28. The van der Waals surface area contributed by atoms with Crippen LogP contribution in [0.15, 0.2) is 22.7 Å². The van der Waals surface area contributed by atoms with Crippen LogP contribution in [0.5, 0.6) is 0 Å². The van der Waals surface area contributed by atoms with Gasteiger partial charge in [-0.25, -0.2) is 9.59 Å². The molecule has 0 aliphatic carbocycles. The van der Waals surface area contributed by atoms with E-state index in [0.29, 0.717) is 26.8 Å². The number of carboxylic acids is 1. The van der Waals surface area contributed by atoms with Crippen LogP contribution in [-0.2, 0) is 4.79 Å². The summed E-state index contributed by atoms with van der Waals surface area (Å²) in [4.78, 5) is 24.4. The fraction of sp³-hybridized carbons (Fsp3) is 0.273. The lowest BCUT2D eigenvalue weighted by Gasteiger charge is -2.21. The second-order valence-electron chi connectivity index (χ2n) is 3.88. The maximum absolute atomic E-state index is 12.1. The van der Waals surface area contributed by atoms with Crippen molar-refractivity contribution in [1.82, 2.24) is 4.90 Å². The molecule has 2 rings (SSSR count). The highest BCUT2D eigenvalue weighted by molar-refractivity contribution is 9.10.